The van der Waals surface area contributed by atoms with Gasteiger partial charge in [0.05, 0.1) is 19.0 Å². The van der Waals surface area contributed by atoms with Crippen LogP contribution in [-0.2, 0) is 26.7 Å². The van der Waals surface area contributed by atoms with Crippen LogP contribution in [-0.4, -0.2) is 28.3 Å². The second kappa shape index (κ2) is 7.43. The fraction of sp³-hybridized carbons (Fsp3) is 0.562. The topological polar surface area (TPSA) is 46.2 Å². The fourth-order valence-electron chi connectivity index (χ4n) is 2.29. The van der Waals surface area contributed by atoms with E-state index in [-0.39, 0.29) is 0 Å². The van der Waals surface area contributed by atoms with Gasteiger partial charge in [0.15, 0.2) is 0 Å². The summed E-state index contributed by atoms with van der Waals surface area (Å²) in [5.41, 5.74) is 2.42. The van der Waals surface area contributed by atoms with Gasteiger partial charge < -0.3 is 9.73 Å². The van der Waals surface area contributed by atoms with Crippen molar-refractivity contribution < 1.29 is 4.42 Å². The zero-order chi connectivity index (χ0) is 15.2. The lowest BCUT2D eigenvalue weighted by atomic mass is 10.2. The van der Waals surface area contributed by atoms with Gasteiger partial charge in [-0.25, -0.2) is 0 Å². The Morgan fingerprint density at radius 2 is 2.14 bits per heavy atom. The van der Waals surface area contributed by atoms with E-state index in [1.54, 1.807) is 0 Å². The Bertz CT molecular complexity index is 544. The first-order chi connectivity index (χ1) is 10.0. The number of rotatable bonds is 8. The van der Waals surface area contributed by atoms with Crippen LogP contribution in [0, 0.1) is 5.92 Å². The summed E-state index contributed by atoms with van der Waals surface area (Å²) in [6.07, 6.45) is 5.79. The van der Waals surface area contributed by atoms with Crippen molar-refractivity contribution in [1.29, 1.82) is 0 Å². The predicted octanol–water partition coefficient (Wildman–Crippen LogP) is 2.39. The first-order valence-corrected chi connectivity index (χ1v) is 7.46. The van der Waals surface area contributed by atoms with E-state index in [0.29, 0.717) is 5.92 Å². The summed E-state index contributed by atoms with van der Waals surface area (Å²) in [5, 5.41) is 7.61. The van der Waals surface area contributed by atoms with Crippen molar-refractivity contribution in [1.82, 2.24) is 20.0 Å². The highest BCUT2D eigenvalue weighted by atomic mass is 16.3. The number of hydrogen-bond donors (Lipinski definition) is 1. The average Bonchev–Trinajstić information content (AvgIpc) is 2.98. The third-order valence-electron chi connectivity index (χ3n) is 3.23. The minimum absolute atomic E-state index is 0.669. The molecule has 2 aromatic heterocycles. The summed E-state index contributed by atoms with van der Waals surface area (Å²) in [7, 11) is 4.03. The molecule has 0 radical (unpaired) electrons. The van der Waals surface area contributed by atoms with Gasteiger partial charge in [0, 0.05) is 37.5 Å². The Labute approximate surface area is 126 Å². The fourth-order valence-corrected chi connectivity index (χ4v) is 2.29. The normalized spacial score (nSPS) is 11.7. The number of nitrogens with one attached hydrogen (secondary N) is 1. The monoisotopic (exact) mass is 290 g/mol. The Hall–Kier alpha value is -1.59. The van der Waals surface area contributed by atoms with E-state index < -0.39 is 0 Å². The molecule has 5 nitrogen and oxygen atoms in total. The van der Waals surface area contributed by atoms with Crippen LogP contribution in [0.4, 0.5) is 0 Å². The molecule has 0 aliphatic heterocycles. The van der Waals surface area contributed by atoms with Crippen LogP contribution in [0.1, 0.15) is 30.7 Å². The number of aryl methyl sites for hydroxylation is 1. The van der Waals surface area contributed by atoms with E-state index >= 15 is 0 Å². The average molecular weight is 290 g/mol. The molecule has 2 heterocycles. The molecule has 5 heteroatoms. The van der Waals surface area contributed by atoms with E-state index in [9.17, 15) is 0 Å². The van der Waals surface area contributed by atoms with Crippen molar-refractivity contribution in [3.63, 3.8) is 0 Å². The smallest absolute Gasteiger partial charge is 0.118 e. The van der Waals surface area contributed by atoms with Crippen LogP contribution in [0.15, 0.2) is 29.1 Å². The van der Waals surface area contributed by atoms with Crippen LogP contribution in [0.25, 0.3) is 0 Å². The Morgan fingerprint density at radius 3 is 2.81 bits per heavy atom. The molecular formula is C16H26N4O. The molecule has 2 aromatic rings. The molecule has 2 rings (SSSR count). The minimum Gasteiger partial charge on any atom is -0.468 e. The van der Waals surface area contributed by atoms with Crippen molar-refractivity contribution in [3.8, 4) is 0 Å². The van der Waals surface area contributed by atoms with Gasteiger partial charge in [0.1, 0.15) is 5.76 Å². The number of hydrogen-bond acceptors (Lipinski definition) is 4. The maximum absolute atomic E-state index is 5.63. The number of furan rings is 1. The molecule has 0 aromatic carbocycles. The third kappa shape index (κ3) is 5.36. The molecule has 0 aliphatic carbocycles. The second-order valence-electron chi connectivity index (χ2n) is 6.14. The number of aromatic nitrogens is 2. The van der Waals surface area contributed by atoms with Gasteiger partial charge in [-0.1, -0.05) is 13.8 Å². The molecule has 0 saturated heterocycles. The van der Waals surface area contributed by atoms with E-state index in [1.807, 2.05) is 30.4 Å². The van der Waals surface area contributed by atoms with Crippen molar-refractivity contribution >= 4 is 0 Å². The second-order valence-corrected chi connectivity index (χ2v) is 6.14. The lowest BCUT2D eigenvalue weighted by Gasteiger charge is -2.13. The highest BCUT2D eigenvalue weighted by Crippen LogP contribution is 2.12. The molecular weight excluding hydrogens is 264 g/mol. The van der Waals surface area contributed by atoms with Gasteiger partial charge in [0.2, 0.25) is 0 Å². The van der Waals surface area contributed by atoms with Crippen LogP contribution >= 0.6 is 0 Å². The van der Waals surface area contributed by atoms with Crippen molar-refractivity contribution in [3.05, 3.63) is 41.6 Å². The third-order valence-corrected chi connectivity index (χ3v) is 3.23. The first-order valence-electron chi connectivity index (χ1n) is 7.46. The van der Waals surface area contributed by atoms with Gasteiger partial charge in [-0.3, -0.25) is 9.58 Å². The van der Waals surface area contributed by atoms with Crippen LogP contribution in [0.3, 0.4) is 0 Å². The zero-order valence-corrected chi connectivity index (χ0v) is 13.5. The highest BCUT2D eigenvalue weighted by molar-refractivity contribution is 5.13. The molecule has 0 spiro atoms. The SMILES string of the molecule is CC(C)CNCc1coc(CN(C)Cc2cnn(C)c2)c1. The summed E-state index contributed by atoms with van der Waals surface area (Å²) < 4.78 is 7.46. The lowest BCUT2D eigenvalue weighted by Crippen LogP contribution is -2.18. The standard InChI is InChI=1S/C16H26N4O/c1-13(2)6-17-7-14-5-16(21-12-14)11-19(3)9-15-8-18-20(4)10-15/h5,8,10,12-13,17H,6-7,9,11H2,1-4H3. The summed E-state index contributed by atoms with van der Waals surface area (Å²) in [6, 6.07) is 2.13. The molecule has 21 heavy (non-hydrogen) atoms. The van der Waals surface area contributed by atoms with Crippen molar-refractivity contribution in [2.45, 2.75) is 33.5 Å². The van der Waals surface area contributed by atoms with E-state index in [4.69, 9.17) is 4.42 Å². The van der Waals surface area contributed by atoms with Gasteiger partial charge >= 0.3 is 0 Å². The van der Waals surface area contributed by atoms with E-state index in [1.165, 1.54) is 11.1 Å². The molecule has 0 bridgehead atoms. The first kappa shape index (κ1) is 15.8. The molecule has 0 aliphatic rings. The van der Waals surface area contributed by atoms with Gasteiger partial charge in [0.25, 0.3) is 0 Å². The molecule has 0 fully saturated rings. The zero-order valence-electron chi connectivity index (χ0n) is 13.5. The van der Waals surface area contributed by atoms with Gasteiger partial charge in [-0.15, -0.1) is 0 Å². The highest BCUT2D eigenvalue weighted by Gasteiger charge is 2.07. The molecule has 1 N–H and O–H groups in total. The Morgan fingerprint density at radius 1 is 1.33 bits per heavy atom. The van der Waals surface area contributed by atoms with Crippen molar-refractivity contribution in [2.75, 3.05) is 13.6 Å². The summed E-state index contributed by atoms with van der Waals surface area (Å²) in [5.74, 6) is 1.67. The minimum atomic E-state index is 0.669. The maximum Gasteiger partial charge on any atom is 0.118 e. The molecule has 0 saturated carbocycles. The van der Waals surface area contributed by atoms with E-state index in [0.717, 1.165) is 31.9 Å². The van der Waals surface area contributed by atoms with Crippen LogP contribution in [0.5, 0.6) is 0 Å². The van der Waals surface area contributed by atoms with Crippen LogP contribution in [0.2, 0.25) is 0 Å². The Kier molecular flexibility index (Phi) is 5.59. The maximum atomic E-state index is 5.63. The van der Waals surface area contributed by atoms with E-state index in [2.05, 4.69) is 42.3 Å². The molecule has 0 amide bonds. The summed E-state index contributed by atoms with van der Waals surface area (Å²) in [4.78, 5) is 2.22. The molecule has 116 valence electrons. The number of nitrogens with zero attached hydrogens (tertiary/aromatic N) is 3. The molecule has 0 atom stereocenters. The quantitative estimate of drug-likeness (QED) is 0.811. The van der Waals surface area contributed by atoms with Gasteiger partial charge in [-0.05, 0) is 25.6 Å². The van der Waals surface area contributed by atoms with Crippen molar-refractivity contribution in [2.24, 2.45) is 13.0 Å². The summed E-state index contributed by atoms with van der Waals surface area (Å²) in [6.45, 7) is 7.99. The predicted molar refractivity (Wildman–Crippen MR) is 83.6 cm³/mol. The lowest BCUT2D eigenvalue weighted by molar-refractivity contribution is 0.288. The largest absolute Gasteiger partial charge is 0.468 e. The van der Waals surface area contributed by atoms with Gasteiger partial charge in [-0.2, -0.15) is 5.10 Å². The molecule has 0 unspecified atom stereocenters. The summed E-state index contributed by atoms with van der Waals surface area (Å²) >= 11 is 0. The Balaban J connectivity index is 1.78. The van der Waals surface area contributed by atoms with Crippen LogP contribution < -0.4 is 5.32 Å².